The molecule has 2 heterocycles. The summed E-state index contributed by atoms with van der Waals surface area (Å²) in [6.45, 7) is 4.24. The maximum absolute atomic E-state index is 11.3. The Kier molecular flexibility index (Phi) is 3.58. The molecule has 0 aliphatic carbocycles. The van der Waals surface area contributed by atoms with Crippen molar-refractivity contribution < 1.29 is 0 Å². The van der Waals surface area contributed by atoms with Crippen molar-refractivity contribution in [1.29, 1.82) is 0 Å². The van der Waals surface area contributed by atoms with Crippen molar-refractivity contribution in [2.24, 2.45) is 0 Å². The highest BCUT2D eigenvalue weighted by molar-refractivity contribution is 5.75. The molecule has 0 spiro atoms. The minimum Gasteiger partial charge on any atom is -0.306 e. The van der Waals surface area contributed by atoms with E-state index in [0.29, 0.717) is 0 Å². The van der Waals surface area contributed by atoms with Gasteiger partial charge in [0.1, 0.15) is 0 Å². The number of H-pyrrole nitrogens is 2. The van der Waals surface area contributed by atoms with Crippen LogP contribution in [0.4, 0.5) is 0 Å². The third-order valence-corrected chi connectivity index (χ3v) is 3.75. The second-order valence-corrected chi connectivity index (χ2v) is 5.27. The van der Waals surface area contributed by atoms with E-state index in [1.165, 1.54) is 5.56 Å². The summed E-state index contributed by atoms with van der Waals surface area (Å²) in [6.07, 6.45) is 3.60. The van der Waals surface area contributed by atoms with Gasteiger partial charge in [-0.2, -0.15) is 0 Å². The van der Waals surface area contributed by atoms with Crippen LogP contribution in [0.25, 0.3) is 11.0 Å². The molecule has 3 aromatic rings. The van der Waals surface area contributed by atoms with E-state index < -0.39 is 0 Å². The number of aromatic amines is 2. The van der Waals surface area contributed by atoms with E-state index >= 15 is 0 Å². The summed E-state index contributed by atoms with van der Waals surface area (Å²) in [5.74, 6) is 0. The molecule has 0 aliphatic heterocycles. The smallest absolute Gasteiger partial charge is 0.306 e. The predicted molar refractivity (Wildman–Crippen MR) is 83.1 cm³/mol. The fourth-order valence-corrected chi connectivity index (χ4v) is 2.54. The molecule has 0 bridgehead atoms. The molecular weight excluding hydrogens is 264 g/mol. The standard InChI is InChI=1S/C16H18N4O/c1-10(12-5-7-17-8-6-12)18-11(2)13-3-4-14-15(9-13)20-16(21)19-14/h3-11,18H,1-2H3,(H2,19,20,21)/t10-,11?/m0/s1. The number of hydrogen-bond donors (Lipinski definition) is 3. The van der Waals surface area contributed by atoms with Crippen LogP contribution in [0.15, 0.2) is 47.5 Å². The SMILES string of the molecule is CC(N[C@@H](C)c1ccncc1)c1ccc2[nH]c(=O)[nH]c2c1. The second kappa shape index (κ2) is 5.54. The topological polar surface area (TPSA) is 73.6 Å². The molecule has 5 heteroatoms. The van der Waals surface area contributed by atoms with E-state index in [2.05, 4.69) is 34.1 Å². The molecule has 0 amide bonds. The van der Waals surface area contributed by atoms with Crippen LogP contribution in [0.1, 0.15) is 37.1 Å². The zero-order valence-corrected chi connectivity index (χ0v) is 12.1. The van der Waals surface area contributed by atoms with Crippen molar-refractivity contribution >= 4 is 11.0 Å². The van der Waals surface area contributed by atoms with Gasteiger partial charge in [-0.05, 0) is 49.2 Å². The lowest BCUT2D eigenvalue weighted by atomic mass is 10.0. The van der Waals surface area contributed by atoms with Crippen molar-refractivity contribution in [3.63, 3.8) is 0 Å². The third kappa shape index (κ3) is 2.87. The predicted octanol–water partition coefficient (Wildman–Crippen LogP) is 2.66. The summed E-state index contributed by atoms with van der Waals surface area (Å²) >= 11 is 0. The Morgan fingerprint density at radius 1 is 0.952 bits per heavy atom. The van der Waals surface area contributed by atoms with E-state index in [4.69, 9.17) is 0 Å². The highest BCUT2D eigenvalue weighted by Crippen LogP contribution is 2.21. The number of aromatic nitrogens is 3. The number of hydrogen-bond acceptors (Lipinski definition) is 3. The van der Waals surface area contributed by atoms with Crippen molar-refractivity contribution in [1.82, 2.24) is 20.3 Å². The molecule has 1 unspecified atom stereocenters. The Balaban J connectivity index is 1.80. The van der Waals surface area contributed by atoms with Gasteiger partial charge in [0.25, 0.3) is 0 Å². The Morgan fingerprint density at radius 3 is 2.38 bits per heavy atom. The van der Waals surface area contributed by atoms with Crippen LogP contribution in [0.5, 0.6) is 0 Å². The van der Waals surface area contributed by atoms with Gasteiger partial charge in [0.2, 0.25) is 0 Å². The minimum absolute atomic E-state index is 0.173. The summed E-state index contributed by atoms with van der Waals surface area (Å²) < 4.78 is 0. The maximum Gasteiger partial charge on any atom is 0.323 e. The van der Waals surface area contributed by atoms with Gasteiger partial charge in [-0.3, -0.25) is 4.98 Å². The lowest BCUT2D eigenvalue weighted by molar-refractivity contribution is 0.494. The highest BCUT2D eigenvalue weighted by atomic mass is 16.1. The molecule has 5 nitrogen and oxygen atoms in total. The van der Waals surface area contributed by atoms with Gasteiger partial charge in [0.15, 0.2) is 0 Å². The van der Waals surface area contributed by atoms with Crippen LogP contribution < -0.4 is 11.0 Å². The average Bonchev–Trinajstić information content (AvgIpc) is 2.87. The van der Waals surface area contributed by atoms with Crippen LogP contribution in [0.2, 0.25) is 0 Å². The first-order valence-electron chi connectivity index (χ1n) is 7.01. The van der Waals surface area contributed by atoms with Crippen LogP contribution in [0, 0.1) is 0 Å². The molecule has 21 heavy (non-hydrogen) atoms. The minimum atomic E-state index is -0.173. The number of fused-ring (bicyclic) bond motifs is 1. The number of nitrogens with zero attached hydrogens (tertiary/aromatic N) is 1. The van der Waals surface area contributed by atoms with Gasteiger partial charge < -0.3 is 15.3 Å². The zero-order chi connectivity index (χ0) is 14.8. The van der Waals surface area contributed by atoms with Crippen LogP contribution in [0.3, 0.4) is 0 Å². The van der Waals surface area contributed by atoms with Gasteiger partial charge in [-0.15, -0.1) is 0 Å². The summed E-state index contributed by atoms with van der Waals surface area (Å²) in [6, 6.07) is 10.4. The first-order valence-corrected chi connectivity index (χ1v) is 7.01. The molecule has 3 N–H and O–H groups in total. The molecule has 1 aromatic carbocycles. The van der Waals surface area contributed by atoms with Gasteiger partial charge in [-0.25, -0.2) is 4.79 Å². The maximum atomic E-state index is 11.3. The van der Waals surface area contributed by atoms with E-state index in [1.807, 2.05) is 30.3 Å². The van der Waals surface area contributed by atoms with E-state index in [-0.39, 0.29) is 17.8 Å². The average molecular weight is 282 g/mol. The van der Waals surface area contributed by atoms with Crippen LogP contribution in [-0.4, -0.2) is 15.0 Å². The quantitative estimate of drug-likeness (QED) is 0.688. The highest BCUT2D eigenvalue weighted by Gasteiger charge is 2.12. The van der Waals surface area contributed by atoms with Gasteiger partial charge in [-0.1, -0.05) is 6.07 Å². The molecule has 0 saturated heterocycles. The third-order valence-electron chi connectivity index (χ3n) is 3.75. The Morgan fingerprint density at radius 2 is 1.62 bits per heavy atom. The fourth-order valence-electron chi connectivity index (χ4n) is 2.54. The number of imidazole rings is 1. The van der Waals surface area contributed by atoms with E-state index in [1.54, 1.807) is 12.4 Å². The lowest BCUT2D eigenvalue weighted by Gasteiger charge is -2.20. The molecule has 0 radical (unpaired) electrons. The van der Waals surface area contributed by atoms with Crippen molar-refractivity contribution in [2.45, 2.75) is 25.9 Å². The van der Waals surface area contributed by atoms with Crippen LogP contribution in [-0.2, 0) is 0 Å². The first kappa shape index (κ1) is 13.6. The summed E-state index contributed by atoms with van der Waals surface area (Å²) in [5.41, 5.74) is 3.83. The Hall–Kier alpha value is -2.40. The van der Waals surface area contributed by atoms with Crippen LogP contribution >= 0.6 is 0 Å². The molecule has 0 fully saturated rings. The molecular formula is C16H18N4O. The largest absolute Gasteiger partial charge is 0.323 e. The molecule has 108 valence electrons. The normalized spacial score (nSPS) is 14.2. The summed E-state index contributed by atoms with van der Waals surface area (Å²) in [5, 5.41) is 3.55. The van der Waals surface area contributed by atoms with Crippen molar-refractivity contribution in [3.05, 3.63) is 64.3 Å². The van der Waals surface area contributed by atoms with E-state index in [9.17, 15) is 4.79 Å². The van der Waals surface area contributed by atoms with E-state index in [0.717, 1.165) is 16.6 Å². The number of benzene rings is 1. The van der Waals surface area contributed by atoms with Gasteiger partial charge in [0, 0.05) is 24.5 Å². The number of rotatable bonds is 4. The molecule has 3 rings (SSSR count). The summed E-state index contributed by atoms with van der Waals surface area (Å²) in [4.78, 5) is 20.9. The fraction of sp³-hybridized carbons (Fsp3) is 0.250. The number of pyridine rings is 1. The van der Waals surface area contributed by atoms with Crippen molar-refractivity contribution in [3.8, 4) is 0 Å². The Bertz CT molecular complexity index is 791. The second-order valence-electron chi connectivity index (χ2n) is 5.27. The van der Waals surface area contributed by atoms with Crippen molar-refractivity contribution in [2.75, 3.05) is 0 Å². The van der Waals surface area contributed by atoms with Gasteiger partial charge >= 0.3 is 5.69 Å². The molecule has 2 aromatic heterocycles. The Labute approximate surface area is 122 Å². The monoisotopic (exact) mass is 282 g/mol. The summed E-state index contributed by atoms with van der Waals surface area (Å²) in [7, 11) is 0. The van der Waals surface area contributed by atoms with Gasteiger partial charge in [0.05, 0.1) is 11.0 Å². The molecule has 2 atom stereocenters. The molecule has 0 aliphatic rings. The number of nitrogens with one attached hydrogen (secondary N) is 3. The first-order chi connectivity index (χ1) is 10.1. The zero-order valence-electron chi connectivity index (χ0n) is 12.1. The molecule has 0 saturated carbocycles. The lowest BCUT2D eigenvalue weighted by Crippen LogP contribution is -2.22.